The lowest BCUT2D eigenvalue weighted by atomic mass is 10.2. The normalized spacial score (nSPS) is 12.8. The van der Waals surface area contributed by atoms with Crippen molar-refractivity contribution >= 4 is 28.4 Å². The number of benzene rings is 2. The Kier molecular flexibility index (Phi) is 4.01. The molecule has 0 aliphatic carbocycles. The molecule has 10 nitrogen and oxygen atoms in total. The van der Waals surface area contributed by atoms with Crippen LogP contribution in [0.1, 0.15) is 0 Å². The summed E-state index contributed by atoms with van der Waals surface area (Å²) in [5.74, 6) is 1.52. The fourth-order valence-corrected chi connectivity index (χ4v) is 3.23. The average Bonchev–Trinajstić information content (AvgIpc) is 3.31. The van der Waals surface area contributed by atoms with E-state index in [-0.39, 0.29) is 24.0 Å². The van der Waals surface area contributed by atoms with Gasteiger partial charge in [-0.2, -0.15) is 0 Å². The number of hydrogen-bond acceptors (Lipinski definition) is 8. The molecule has 29 heavy (non-hydrogen) atoms. The number of carbonyl (C=O) groups excluding carboxylic acids is 1. The Balaban J connectivity index is 1.45. The van der Waals surface area contributed by atoms with Gasteiger partial charge in [0.1, 0.15) is 19.8 Å². The molecule has 3 N–H and O–H groups in total. The zero-order chi connectivity index (χ0) is 19.8. The number of nitrogen functional groups attached to an aromatic ring is 1. The number of hydrogen-bond donors (Lipinski definition) is 2. The van der Waals surface area contributed by atoms with E-state index in [0.29, 0.717) is 41.7 Å². The Hall–Kier alpha value is -4.08. The summed E-state index contributed by atoms with van der Waals surface area (Å²) in [6.45, 7) is 0.980. The molecule has 1 amide bonds. The largest absolute Gasteiger partial charge is 0.486 e. The van der Waals surface area contributed by atoms with Gasteiger partial charge in [0, 0.05) is 11.8 Å². The van der Waals surface area contributed by atoms with Crippen LogP contribution in [0.15, 0.2) is 47.1 Å². The smallest absolute Gasteiger partial charge is 0.244 e. The molecule has 0 radical (unpaired) electrons. The van der Waals surface area contributed by atoms with Gasteiger partial charge < -0.3 is 25.1 Å². The van der Waals surface area contributed by atoms with Crippen LogP contribution in [0, 0.1) is 0 Å². The Morgan fingerprint density at radius 1 is 1.10 bits per heavy atom. The zero-order valence-electron chi connectivity index (χ0n) is 15.2. The van der Waals surface area contributed by atoms with Crippen LogP contribution < -0.4 is 20.5 Å². The second-order valence-electron chi connectivity index (χ2n) is 6.41. The number of nitrogens with two attached hydrogens (primary N) is 1. The summed E-state index contributed by atoms with van der Waals surface area (Å²) in [5.41, 5.74) is 8.20. The van der Waals surface area contributed by atoms with Gasteiger partial charge in [-0.1, -0.05) is 12.1 Å². The van der Waals surface area contributed by atoms with Crippen LogP contribution in [0.3, 0.4) is 0 Å². The minimum Gasteiger partial charge on any atom is -0.486 e. The number of nitrogens with one attached hydrogen (secondary N) is 1. The summed E-state index contributed by atoms with van der Waals surface area (Å²) < 4.78 is 17.5. The molecule has 0 unspecified atom stereocenters. The topological polar surface area (TPSA) is 130 Å². The highest BCUT2D eigenvalue weighted by atomic mass is 16.6. The maximum absolute atomic E-state index is 12.8. The number of para-hydroxylation sites is 2. The lowest BCUT2D eigenvalue weighted by Gasteiger charge is -2.19. The van der Waals surface area contributed by atoms with Crippen LogP contribution in [-0.2, 0) is 11.3 Å². The first-order chi connectivity index (χ1) is 14.2. The molecule has 146 valence electrons. The van der Waals surface area contributed by atoms with Crippen LogP contribution >= 0.6 is 0 Å². The summed E-state index contributed by atoms with van der Waals surface area (Å²) in [4.78, 5) is 17.3. The number of imidazole rings is 1. The van der Waals surface area contributed by atoms with E-state index in [1.807, 2.05) is 24.3 Å². The number of nitrogens with zero attached hydrogens (tertiary/aromatic N) is 4. The highest BCUT2D eigenvalue weighted by Gasteiger charge is 2.21. The quantitative estimate of drug-likeness (QED) is 0.540. The number of aromatic nitrogens is 4. The predicted octanol–water partition coefficient (Wildman–Crippen LogP) is 2.08. The van der Waals surface area contributed by atoms with Crippen LogP contribution in [0.2, 0.25) is 0 Å². The zero-order valence-corrected chi connectivity index (χ0v) is 15.2. The monoisotopic (exact) mass is 392 g/mol. The molecule has 3 heterocycles. The highest BCUT2D eigenvalue weighted by molar-refractivity contribution is 5.93. The lowest BCUT2D eigenvalue weighted by molar-refractivity contribution is -0.116. The molecule has 0 spiro atoms. The molecule has 10 heteroatoms. The summed E-state index contributed by atoms with van der Waals surface area (Å²) in [6.07, 6.45) is 0. The number of amides is 1. The summed E-state index contributed by atoms with van der Waals surface area (Å²) in [7, 11) is 0. The first kappa shape index (κ1) is 17.0. The van der Waals surface area contributed by atoms with E-state index >= 15 is 0 Å². The second-order valence-corrected chi connectivity index (χ2v) is 6.41. The van der Waals surface area contributed by atoms with Crippen LogP contribution in [0.4, 0.5) is 11.5 Å². The standard InChI is InChI=1S/C19H16N6O4/c20-18-17(23-29-24-18)19-22-12-3-1-2-4-13(12)25(19)10-16(26)21-11-5-6-14-15(9-11)28-8-7-27-14/h1-6,9H,7-8,10H2,(H2,20,24)(H,21,26). The molecule has 4 aromatic rings. The molecule has 2 aromatic carbocycles. The fourth-order valence-electron chi connectivity index (χ4n) is 3.23. The maximum atomic E-state index is 12.8. The van der Waals surface area contributed by atoms with E-state index in [9.17, 15) is 4.79 Å². The molecule has 0 saturated carbocycles. The van der Waals surface area contributed by atoms with E-state index in [1.165, 1.54) is 0 Å². The number of anilines is 2. The van der Waals surface area contributed by atoms with Gasteiger partial charge in [-0.3, -0.25) is 4.79 Å². The van der Waals surface area contributed by atoms with Crippen molar-refractivity contribution in [3.05, 3.63) is 42.5 Å². The molecular weight excluding hydrogens is 376 g/mol. The molecule has 0 bridgehead atoms. The van der Waals surface area contributed by atoms with Crippen molar-refractivity contribution in [1.82, 2.24) is 19.9 Å². The number of carbonyl (C=O) groups is 1. The van der Waals surface area contributed by atoms with E-state index < -0.39 is 0 Å². The first-order valence-corrected chi connectivity index (χ1v) is 8.92. The molecule has 0 atom stereocenters. The lowest BCUT2D eigenvalue weighted by Crippen LogP contribution is -2.20. The Bertz CT molecular complexity index is 1210. The molecular formula is C19H16N6O4. The van der Waals surface area contributed by atoms with Gasteiger partial charge in [0.25, 0.3) is 0 Å². The van der Waals surface area contributed by atoms with E-state index in [2.05, 4.69) is 20.6 Å². The van der Waals surface area contributed by atoms with Crippen molar-refractivity contribution in [3.8, 4) is 23.0 Å². The van der Waals surface area contributed by atoms with Gasteiger partial charge in [-0.05, 0) is 34.6 Å². The van der Waals surface area contributed by atoms with Gasteiger partial charge >= 0.3 is 0 Å². The third kappa shape index (κ3) is 3.10. The van der Waals surface area contributed by atoms with Crippen molar-refractivity contribution in [2.75, 3.05) is 24.3 Å². The van der Waals surface area contributed by atoms with Gasteiger partial charge in [-0.25, -0.2) is 9.61 Å². The molecule has 2 aromatic heterocycles. The van der Waals surface area contributed by atoms with Gasteiger partial charge in [0.05, 0.1) is 11.0 Å². The third-order valence-electron chi connectivity index (χ3n) is 4.51. The summed E-state index contributed by atoms with van der Waals surface area (Å²) in [5, 5.41) is 10.3. The Morgan fingerprint density at radius 3 is 2.76 bits per heavy atom. The minimum atomic E-state index is -0.249. The molecule has 0 saturated heterocycles. The fraction of sp³-hybridized carbons (Fsp3) is 0.158. The average molecular weight is 392 g/mol. The first-order valence-electron chi connectivity index (χ1n) is 8.92. The van der Waals surface area contributed by atoms with Gasteiger partial charge in [0.2, 0.25) is 5.91 Å². The van der Waals surface area contributed by atoms with Crippen molar-refractivity contribution in [1.29, 1.82) is 0 Å². The highest BCUT2D eigenvalue weighted by Crippen LogP contribution is 2.33. The summed E-state index contributed by atoms with van der Waals surface area (Å²) >= 11 is 0. The van der Waals surface area contributed by atoms with Crippen LogP contribution in [0.25, 0.3) is 22.6 Å². The van der Waals surface area contributed by atoms with Crippen molar-refractivity contribution in [3.63, 3.8) is 0 Å². The second kappa shape index (κ2) is 6.82. The van der Waals surface area contributed by atoms with Crippen molar-refractivity contribution < 1.29 is 18.9 Å². The molecule has 1 aliphatic heterocycles. The van der Waals surface area contributed by atoms with Gasteiger partial charge in [-0.15, -0.1) is 0 Å². The Morgan fingerprint density at radius 2 is 1.93 bits per heavy atom. The minimum absolute atomic E-state index is 0.00338. The number of ether oxygens (including phenoxy) is 2. The molecule has 5 rings (SSSR count). The number of rotatable bonds is 4. The molecule has 1 aliphatic rings. The summed E-state index contributed by atoms with van der Waals surface area (Å²) in [6, 6.07) is 12.7. The van der Waals surface area contributed by atoms with E-state index in [0.717, 1.165) is 5.52 Å². The SMILES string of the molecule is Nc1nonc1-c1nc2ccccc2n1CC(=O)Nc1ccc2c(c1)OCCO2. The van der Waals surface area contributed by atoms with E-state index in [4.69, 9.17) is 19.8 Å². The van der Waals surface area contributed by atoms with Crippen LogP contribution in [0.5, 0.6) is 11.5 Å². The maximum Gasteiger partial charge on any atom is 0.244 e. The van der Waals surface area contributed by atoms with Crippen molar-refractivity contribution in [2.24, 2.45) is 0 Å². The van der Waals surface area contributed by atoms with Crippen LogP contribution in [-0.4, -0.2) is 39.0 Å². The van der Waals surface area contributed by atoms with E-state index in [1.54, 1.807) is 22.8 Å². The van der Waals surface area contributed by atoms with Crippen molar-refractivity contribution in [2.45, 2.75) is 6.54 Å². The third-order valence-corrected chi connectivity index (χ3v) is 4.51. The van der Waals surface area contributed by atoms with Gasteiger partial charge in [0.15, 0.2) is 28.8 Å². The Labute approximate surface area is 164 Å². The predicted molar refractivity (Wildman–Crippen MR) is 103 cm³/mol. The molecule has 0 fully saturated rings. The number of fused-ring (bicyclic) bond motifs is 2.